The zero-order chi connectivity index (χ0) is 19.1. The Labute approximate surface area is 156 Å². The number of ketones is 1. The molecule has 1 atom stereocenters. The van der Waals surface area contributed by atoms with Crippen molar-refractivity contribution < 1.29 is 9.53 Å². The van der Waals surface area contributed by atoms with Crippen molar-refractivity contribution in [3.63, 3.8) is 0 Å². The first-order valence-electron chi connectivity index (χ1n) is 7.81. The number of nitriles is 1. The molecular weight excluding hydrogens is 350 g/mol. The van der Waals surface area contributed by atoms with E-state index < -0.39 is 5.92 Å². The van der Waals surface area contributed by atoms with E-state index >= 15 is 0 Å². The Morgan fingerprint density at radius 3 is 2.85 bits per heavy atom. The van der Waals surface area contributed by atoms with Crippen LogP contribution in [0.4, 0.5) is 0 Å². The quantitative estimate of drug-likeness (QED) is 0.414. The summed E-state index contributed by atoms with van der Waals surface area (Å²) in [6.07, 6.45) is 1.72. The van der Waals surface area contributed by atoms with Crippen molar-refractivity contribution in [3.8, 4) is 23.2 Å². The highest BCUT2D eigenvalue weighted by atomic mass is 32.2. The van der Waals surface area contributed by atoms with Crippen LogP contribution in [0.15, 0.2) is 42.1 Å². The standard InChI is InChI=1S/C18H19N5O2S/c1-4-9-23-17(13-7-5-6-8-16(13)25-3)21-22-18(23)26-11-15(24)14(10-19)12(2)20/h4-8,14,20H,1,9,11H2,2-3H3. The number of hydrogen-bond acceptors (Lipinski definition) is 7. The van der Waals surface area contributed by atoms with Crippen LogP contribution >= 0.6 is 11.8 Å². The number of Topliss-reactive ketones (excluding diaryl/α,β-unsaturated/α-hetero) is 1. The van der Waals surface area contributed by atoms with Crippen LogP contribution in [0.3, 0.4) is 0 Å². The molecule has 0 amide bonds. The van der Waals surface area contributed by atoms with Crippen LogP contribution in [-0.2, 0) is 11.3 Å². The highest BCUT2D eigenvalue weighted by Gasteiger charge is 2.22. The van der Waals surface area contributed by atoms with Gasteiger partial charge in [-0.25, -0.2) is 0 Å². The molecule has 0 aliphatic heterocycles. The van der Waals surface area contributed by atoms with Gasteiger partial charge in [-0.1, -0.05) is 30.0 Å². The van der Waals surface area contributed by atoms with Gasteiger partial charge < -0.3 is 10.1 Å². The van der Waals surface area contributed by atoms with Gasteiger partial charge in [0.05, 0.1) is 24.5 Å². The molecule has 8 heteroatoms. The van der Waals surface area contributed by atoms with E-state index in [0.717, 1.165) is 5.56 Å². The van der Waals surface area contributed by atoms with Crippen LogP contribution in [0.1, 0.15) is 6.92 Å². The Morgan fingerprint density at radius 2 is 2.23 bits per heavy atom. The zero-order valence-corrected chi connectivity index (χ0v) is 15.4. The fraction of sp³-hybridized carbons (Fsp3) is 0.278. The van der Waals surface area contributed by atoms with E-state index in [9.17, 15) is 4.79 Å². The van der Waals surface area contributed by atoms with Crippen molar-refractivity contribution in [2.24, 2.45) is 5.92 Å². The maximum absolute atomic E-state index is 12.2. The van der Waals surface area contributed by atoms with Gasteiger partial charge in [0.25, 0.3) is 0 Å². The molecule has 0 radical (unpaired) electrons. The normalized spacial score (nSPS) is 11.4. The topological polar surface area (TPSA) is 105 Å². The second-order valence-corrected chi connectivity index (χ2v) is 6.35. The van der Waals surface area contributed by atoms with Gasteiger partial charge in [0.1, 0.15) is 11.7 Å². The van der Waals surface area contributed by atoms with E-state index in [0.29, 0.717) is 23.3 Å². The number of rotatable bonds is 9. The summed E-state index contributed by atoms with van der Waals surface area (Å²) >= 11 is 1.19. The summed E-state index contributed by atoms with van der Waals surface area (Å²) < 4.78 is 7.22. The van der Waals surface area contributed by atoms with E-state index in [1.165, 1.54) is 18.7 Å². The lowest BCUT2D eigenvalue weighted by atomic mass is 10.0. The molecule has 134 valence electrons. The number of nitrogens with one attached hydrogen (secondary N) is 1. The predicted molar refractivity (Wildman–Crippen MR) is 100 cm³/mol. The number of aromatic nitrogens is 3. The minimum Gasteiger partial charge on any atom is -0.496 e. The summed E-state index contributed by atoms with van der Waals surface area (Å²) in [5.74, 6) is -0.0292. The summed E-state index contributed by atoms with van der Waals surface area (Å²) in [5.41, 5.74) is 0.827. The van der Waals surface area contributed by atoms with E-state index in [2.05, 4.69) is 16.8 Å². The van der Waals surface area contributed by atoms with E-state index in [4.69, 9.17) is 15.4 Å². The van der Waals surface area contributed by atoms with Crippen LogP contribution in [0.25, 0.3) is 11.4 Å². The van der Waals surface area contributed by atoms with Gasteiger partial charge in [-0.2, -0.15) is 5.26 Å². The Kier molecular flexibility index (Phi) is 6.69. The van der Waals surface area contributed by atoms with Gasteiger partial charge in [-0.05, 0) is 19.1 Å². The van der Waals surface area contributed by atoms with E-state index in [1.54, 1.807) is 13.2 Å². The molecule has 0 fully saturated rings. The number of carbonyl (C=O) groups excluding carboxylic acids is 1. The number of carbonyl (C=O) groups is 1. The Hall–Kier alpha value is -2.92. The lowest BCUT2D eigenvalue weighted by Gasteiger charge is -2.11. The van der Waals surface area contributed by atoms with Gasteiger partial charge in [0.2, 0.25) is 0 Å². The summed E-state index contributed by atoms with van der Waals surface area (Å²) in [7, 11) is 1.59. The van der Waals surface area contributed by atoms with Gasteiger partial charge >= 0.3 is 0 Å². The molecule has 1 heterocycles. The molecule has 0 spiro atoms. The molecule has 1 N–H and O–H groups in total. The van der Waals surface area contributed by atoms with E-state index in [1.807, 2.05) is 34.9 Å². The number of benzene rings is 1. The number of allylic oxidation sites excluding steroid dienone is 1. The first kappa shape index (κ1) is 19.4. The third-order valence-electron chi connectivity index (χ3n) is 3.60. The molecule has 0 aliphatic rings. The number of hydrogen-bond donors (Lipinski definition) is 1. The summed E-state index contributed by atoms with van der Waals surface area (Å²) in [4.78, 5) is 12.2. The lowest BCUT2D eigenvalue weighted by molar-refractivity contribution is -0.117. The zero-order valence-electron chi connectivity index (χ0n) is 14.6. The highest BCUT2D eigenvalue weighted by molar-refractivity contribution is 7.99. The molecule has 1 aromatic carbocycles. The fourth-order valence-corrected chi connectivity index (χ4v) is 3.20. The molecule has 1 unspecified atom stereocenters. The minimum absolute atomic E-state index is 0.0373. The molecule has 26 heavy (non-hydrogen) atoms. The van der Waals surface area contributed by atoms with Crippen LogP contribution < -0.4 is 4.74 Å². The van der Waals surface area contributed by atoms with Gasteiger partial charge in [0, 0.05) is 12.3 Å². The molecule has 1 aromatic heterocycles. The fourth-order valence-electron chi connectivity index (χ4n) is 2.35. The molecule has 0 saturated carbocycles. The molecule has 2 rings (SSSR count). The monoisotopic (exact) mass is 369 g/mol. The smallest absolute Gasteiger partial charge is 0.192 e. The number of nitrogens with zero attached hydrogens (tertiary/aromatic N) is 4. The molecule has 7 nitrogen and oxygen atoms in total. The summed E-state index contributed by atoms with van der Waals surface area (Å²) in [5, 5.41) is 25.5. The number of para-hydroxylation sites is 1. The van der Waals surface area contributed by atoms with Crippen LogP contribution in [0.5, 0.6) is 5.75 Å². The van der Waals surface area contributed by atoms with Crippen LogP contribution in [0, 0.1) is 22.7 Å². The maximum atomic E-state index is 12.2. The molecule has 0 saturated heterocycles. The first-order valence-corrected chi connectivity index (χ1v) is 8.79. The second kappa shape index (κ2) is 8.97. The number of thioether (sulfide) groups is 1. The molecule has 0 bridgehead atoms. The maximum Gasteiger partial charge on any atom is 0.192 e. The van der Waals surface area contributed by atoms with Crippen molar-refractivity contribution in [2.45, 2.75) is 18.6 Å². The molecular formula is C18H19N5O2S. The SMILES string of the molecule is C=CCn1c(SCC(=O)C(C#N)C(C)=N)nnc1-c1ccccc1OC. The van der Waals surface area contributed by atoms with Gasteiger partial charge in [-0.3, -0.25) is 9.36 Å². The van der Waals surface area contributed by atoms with Crippen molar-refractivity contribution in [3.05, 3.63) is 36.9 Å². The minimum atomic E-state index is -1.02. The average Bonchev–Trinajstić information content (AvgIpc) is 3.03. The number of methoxy groups -OCH3 is 1. The van der Waals surface area contributed by atoms with Crippen LogP contribution in [0.2, 0.25) is 0 Å². The summed E-state index contributed by atoms with van der Waals surface area (Å²) in [6.45, 7) is 5.67. The predicted octanol–water partition coefficient (Wildman–Crippen LogP) is 2.98. The largest absolute Gasteiger partial charge is 0.496 e. The second-order valence-electron chi connectivity index (χ2n) is 5.41. The summed E-state index contributed by atoms with van der Waals surface area (Å²) in [6, 6.07) is 9.33. The third kappa shape index (κ3) is 4.18. The van der Waals surface area contributed by atoms with Crippen molar-refractivity contribution in [1.82, 2.24) is 14.8 Å². The van der Waals surface area contributed by atoms with Crippen molar-refractivity contribution >= 4 is 23.3 Å². The van der Waals surface area contributed by atoms with Gasteiger partial charge in [0.15, 0.2) is 16.8 Å². The lowest BCUT2D eigenvalue weighted by Crippen LogP contribution is -2.21. The van der Waals surface area contributed by atoms with Crippen molar-refractivity contribution in [1.29, 1.82) is 10.7 Å². The first-order chi connectivity index (χ1) is 12.5. The van der Waals surface area contributed by atoms with Gasteiger partial charge in [-0.15, -0.1) is 16.8 Å². The Bertz CT molecular complexity index is 869. The molecule has 0 aliphatic carbocycles. The third-order valence-corrected chi connectivity index (χ3v) is 4.59. The van der Waals surface area contributed by atoms with Crippen LogP contribution in [-0.4, -0.2) is 39.1 Å². The average molecular weight is 369 g/mol. The Balaban J connectivity index is 2.30. The van der Waals surface area contributed by atoms with E-state index in [-0.39, 0.29) is 17.2 Å². The Morgan fingerprint density at radius 1 is 1.50 bits per heavy atom. The highest BCUT2D eigenvalue weighted by Crippen LogP contribution is 2.31. The molecule has 2 aromatic rings. The number of ether oxygens (including phenoxy) is 1. The van der Waals surface area contributed by atoms with Crippen molar-refractivity contribution in [2.75, 3.05) is 12.9 Å².